The molecule has 0 saturated carbocycles. The van der Waals surface area contributed by atoms with Gasteiger partial charge in [-0.3, -0.25) is 9.59 Å². The Morgan fingerprint density at radius 3 is 2.44 bits per heavy atom. The molecule has 168 valence electrons. The minimum Gasteiger partial charge on any atom is -0.497 e. The lowest BCUT2D eigenvalue weighted by Crippen LogP contribution is -2.38. The number of piperidine rings is 1. The molecular weight excluding hydrogens is 404 g/mol. The Hall–Kier alpha value is -3.28. The van der Waals surface area contributed by atoms with E-state index in [0.717, 1.165) is 42.9 Å². The van der Waals surface area contributed by atoms with Crippen LogP contribution in [0.1, 0.15) is 54.4 Å². The van der Waals surface area contributed by atoms with Gasteiger partial charge in [-0.15, -0.1) is 0 Å². The summed E-state index contributed by atoms with van der Waals surface area (Å²) in [5.74, 6) is 2.05. The minimum absolute atomic E-state index is 0.0102. The van der Waals surface area contributed by atoms with Crippen LogP contribution in [0.2, 0.25) is 0 Å². The van der Waals surface area contributed by atoms with Crippen molar-refractivity contribution in [3.8, 4) is 11.5 Å². The summed E-state index contributed by atoms with van der Waals surface area (Å²) in [4.78, 5) is 30.4. The van der Waals surface area contributed by atoms with Crippen LogP contribution < -0.4 is 9.47 Å². The van der Waals surface area contributed by atoms with Gasteiger partial charge in [0, 0.05) is 48.6 Å². The van der Waals surface area contributed by atoms with Crippen LogP contribution in [0.5, 0.6) is 11.5 Å². The minimum atomic E-state index is -0.0102. The summed E-state index contributed by atoms with van der Waals surface area (Å²) in [7, 11) is 1.68. The lowest BCUT2D eigenvalue weighted by molar-refractivity contribution is -0.132. The molecule has 2 heterocycles. The first-order valence-corrected chi connectivity index (χ1v) is 11.3. The number of carbonyl (C=O) groups is 2. The van der Waals surface area contributed by atoms with Gasteiger partial charge in [-0.05, 0) is 73.7 Å². The molecule has 6 heteroatoms. The van der Waals surface area contributed by atoms with Crippen molar-refractivity contribution in [1.29, 1.82) is 0 Å². The number of Topliss-reactive ketones (excluding diaryl/α,β-unsaturated/α-hetero) is 1. The van der Waals surface area contributed by atoms with Crippen molar-refractivity contribution in [2.45, 2.75) is 38.5 Å². The monoisotopic (exact) mass is 434 g/mol. The van der Waals surface area contributed by atoms with Gasteiger partial charge in [-0.1, -0.05) is 0 Å². The molecule has 3 aromatic rings. The lowest BCUT2D eigenvalue weighted by Gasteiger charge is -2.32. The number of aromatic amines is 1. The van der Waals surface area contributed by atoms with Gasteiger partial charge in [-0.2, -0.15) is 0 Å². The zero-order chi connectivity index (χ0) is 22.5. The number of nitrogens with one attached hydrogen (secondary N) is 1. The highest BCUT2D eigenvalue weighted by Gasteiger charge is 2.26. The molecule has 0 atom stereocenters. The first-order chi connectivity index (χ1) is 15.6. The van der Waals surface area contributed by atoms with Gasteiger partial charge in [0.25, 0.3) is 0 Å². The number of ether oxygens (including phenoxy) is 2. The number of rotatable bonds is 8. The Labute approximate surface area is 188 Å². The molecule has 0 unspecified atom stereocenters. The van der Waals surface area contributed by atoms with Crippen LogP contribution in [0, 0.1) is 0 Å². The number of H-pyrrole nitrogens is 1. The summed E-state index contributed by atoms with van der Waals surface area (Å²) in [5.41, 5.74) is 3.01. The highest BCUT2D eigenvalue weighted by Crippen LogP contribution is 2.34. The van der Waals surface area contributed by atoms with Gasteiger partial charge < -0.3 is 19.4 Å². The molecule has 1 aliphatic rings. The van der Waals surface area contributed by atoms with Crippen molar-refractivity contribution in [3.05, 3.63) is 59.8 Å². The van der Waals surface area contributed by atoms with Crippen molar-refractivity contribution in [3.63, 3.8) is 0 Å². The maximum atomic E-state index is 12.7. The Morgan fingerprint density at radius 2 is 1.75 bits per heavy atom. The van der Waals surface area contributed by atoms with Crippen LogP contribution >= 0.6 is 0 Å². The predicted octanol–water partition coefficient (Wildman–Crippen LogP) is 4.94. The van der Waals surface area contributed by atoms with Crippen molar-refractivity contribution in [2.24, 2.45) is 0 Å². The maximum Gasteiger partial charge on any atom is 0.223 e. The van der Waals surface area contributed by atoms with Crippen molar-refractivity contribution in [1.82, 2.24) is 9.88 Å². The van der Waals surface area contributed by atoms with Crippen LogP contribution in [0.15, 0.2) is 48.7 Å². The fourth-order valence-corrected chi connectivity index (χ4v) is 4.45. The molecule has 1 N–H and O–H groups in total. The number of carbonyl (C=O) groups excluding carboxylic acids is 2. The molecule has 0 bridgehead atoms. The van der Waals surface area contributed by atoms with E-state index in [9.17, 15) is 9.59 Å². The number of aromatic nitrogens is 1. The Bertz CT molecular complexity index is 1080. The standard InChI is InChI=1S/C26H30N2O4/c1-3-32-20-6-4-19(5-7-20)25(29)10-11-26(30)28-14-12-18(13-15-28)23-17-27-24-9-8-21(31-2)16-22(23)24/h4-9,16-18,27H,3,10-15H2,1-2H3. The lowest BCUT2D eigenvalue weighted by atomic mass is 9.89. The third-order valence-corrected chi connectivity index (χ3v) is 6.26. The van der Waals surface area contributed by atoms with E-state index >= 15 is 0 Å². The number of nitrogens with zero attached hydrogens (tertiary/aromatic N) is 1. The van der Waals surface area contributed by atoms with Crippen molar-refractivity contribution >= 4 is 22.6 Å². The zero-order valence-electron chi connectivity index (χ0n) is 18.7. The third-order valence-electron chi connectivity index (χ3n) is 6.26. The van der Waals surface area contributed by atoms with E-state index in [2.05, 4.69) is 17.2 Å². The van der Waals surface area contributed by atoms with Crippen molar-refractivity contribution in [2.75, 3.05) is 26.8 Å². The molecule has 1 saturated heterocycles. The largest absolute Gasteiger partial charge is 0.497 e. The zero-order valence-corrected chi connectivity index (χ0v) is 18.7. The number of methoxy groups -OCH3 is 1. The van der Waals surface area contributed by atoms with E-state index in [-0.39, 0.29) is 24.5 Å². The highest BCUT2D eigenvalue weighted by molar-refractivity contribution is 5.98. The topological polar surface area (TPSA) is 71.6 Å². The van der Waals surface area contributed by atoms with Crippen LogP contribution in [0.4, 0.5) is 0 Å². The second kappa shape index (κ2) is 9.90. The van der Waals surface area contributed by atoms with Gasteiger partial charge in [0.05, 0.1) is 13.7 Å². The maximum absolute atomic E-state index is 12.7. The first kappa shape index (κ1) is 21.9. The molecule has 0 aliphatic carbocycles. The fraction of sp³-hybridized carbons (Fsp3) is 0.385. The van der Waals surface area contributed by atoms with Gasteiger partial charge in [0.15, 0.2) is 5.78 Å². The number of amides is 1. The van der Waals surface area contributed by atoms with E-state index < -0.39 is 0 Å². The summed E-state index contributed by atoms with van der Waals surface area (Å²) >= 11 is 0. The van der Waals surface area contributed by atoms with Crippen molar-refractivity contribution < 1.29 is 19.1 Å². The van der Waals surface area contributed by atoms with Crippen LogP contribution in [-0.2, 0) is 4.79 Å². The molecule has 4 rings (SSSR count). The number of hydrogen-bond acceptors (Lipinski definition) is 4. The second-order valence-corrected chi connectivity index (χ2v) is 8.19. The molecule has 32 heavy (non-hydrogen) atoms. The molecule has 1 aromatic heterocycles. The SMILES string of the molecule is CCOc1ccc(C(=O)CCC(=O)N2CCC(c3c[nH]c4ccc(OC)cc34)CC2)cc1. The summed E-state index contributed by atoms with van der Waals surface area (Å²) < 4.78 is 10.8. The molecule has 1 aliphatic heterocycles. The van der Waals surface area contributed by atoms with Crippen LogP contribution in [0.3, 0.4) is 0 Å². The summed E-state index contributed by atoms with van der Waals surface area (Å²) in [6.45, 7) is 3.95. The highest BCUT2D eigenvalue weighted by atomic mass is 16.5. The Balaban J connectivity index is 1.29. The first-order valence-electron chi connectivity index (χ1n) is 11.3. The van der Waals surface area contributed by atoms with Crippen LogP contribution in [0.25, 0.3) is 10.9 Å². The van der Waals surface area contributed by atoms with Gasteiger partial charge in [0.2, 0.25) is 5.91 Å². The Kier molecular flexibility index (Phi) is 6.78. The number of fused-ring (bicyclic) bond motifs is 1. The number of ketones is 1. The Morgan fingerprint density at radius 1 is 1.03 bits per heavy atom. The summed E-state index contributed by atoms with van der Waals surface area (Å²) in [6.07, 6.45) is 4.41. The van der Waals surface area contributed by atoms with E-state index in [4.69, 9.17) is 9.47 Å². The van der Waals surface area contributed by atoms with E-state index in [1.54, 1.807) is 31.4 Å². The predicted molar refractivity (Wildman–Crippen MR) is 125 cm³/mol. The van der Waals surface area contributed by atoms with Gasteiger partial charge >= 0.3 is 0 Å². The van der Waals surface area contributed by atoms with E-state index in [0.29, 0.717) is 18.1 Å². The normalized spacial score (nSPS) is 14.5. The summed E-state index contributed by atoms with van der Waals surface area (Å²) in [5, 5.41) is 1.19. The van der Waals surface area contributed by atoms with Gasteiger partial charge in [0.1, 0.15) is 11.5 Å². The molecule has 1 fully saturated rings. The average Bonchev–Trinajstić information content (AvgIpc) is 3.26. The third kappa shape index (κ3) is 4.79. The molecule has 2 aromatic carbocycles. The molecule has 6 nitrogen and oxygen atoms in total. The quantitative estimate of drug-likeness (QED) is 0.510. The smallest absolute Gasteiger partial charge is 0.223 e. The summed E-state index contributed by atoms with van der Waals surface area (Å²) in [6, 6.07) is 13.2. The van der Waals surface area contributed by atoms with Gasteiger partial charge in [-0.25, -0.2) is 0 Å². The molecule has 1 amide bonds. The number of likely N-dealkylation sites (tertiary alicyclic amines) is 1. The fourth-order valence-electron chi connectivity index (χ4n) is 4.45. The van der Waals surface area contributed by atoms with E-state index in [1.165, 1.54) is 10.9 Å². The number of hydrogen-bond donors (Lipinski definition) is 1. The van der Waals surface area contributed by atoms with Crippen LogP contribution in [-0.4, -0.2) is 48.4 Å². The van der Waals surface area contributed by atoms with E-state index in [1.807, 2.05) is 24.0 Å². The molecule has 0 spiro atoms. The number of benzene rings is 2. The average molecular weight is 435 g/mol. The second-order valence-electron chi connectivity index (χ2n) is 8.19. The molecular formula is C26H30N2O4. The molecule has 0 radical (unpaired) electrons.